The molecule has 2 N–H and O–H groups in total. The molecule has 0 bridgehead atoms. The molecule has 2 aromatic rings. The summed E-state index contributed by atoms with van der Waals surface area (Å²) in [5.74, 6) is -2.82. The molecule has 0 saturated heterocycles. The van der Waals surface area contributed by atoms with Gasteiger partial charge in [-0.1, -0.05) is 42.5 Å². The van der Waals surface area contributed by atoms with E-state index in [-0.39, 0.29) is 22.6 Å². The van der Waals surface area contributed by atoms with Crippen molar-refractivity contribution in [1.82, 2.24) is 0 Å². The fourth-order valence-electron chi connectivity index (χ4n) is 2.52. The molecular weight excluding hydrogens is 386 g/mol. The number of para-hydroxylation sites is 1. The van der Waals surface area contributed by atoms with Gasteiger partial charge in [-0.3, -0.25) is 4.79 Å². The van der Waals surface area contributed by atoms with Crippen molar-refractivity contribution in [3.8, 4) is 11.5 Å². The molecular formula is C19H19NO7S. The minimum absolute atomic E-state index is 0.00451. The van der Waals surface area contributed by atoms with E-state index in [9.17, 15) is 13.2 Å². The van der Waals surface area contributed by atoms with Crippen LogP contribution < -0.4 is 15.2 Å². The number of rotatable bonds is 7. The van der Waals surface area contributed by atoms with Crippen molar-refractivity contribution in [2.45, 2.75) is 11.8 Å². The molecule has 0 radical (unpaired) electrons. The zero-order chi connectivity index (χ0) is 23.0. The van der Waals surface area contributed by atoms with Crippen LogP contribution in [0.1, 0.15) is 21.3 Å². The Hall–Kier alpha value is -3.20. The maximum absolute atomic E-state index is 13.0. The van der Waals surface area contributed by atoms with E-state index in [0.29, 0.717) is 0 Å². The summed E-state index contributed by atoms with van der Waals surface area (Å²) in [6.07, 6.45) is -2.53. The van der Waals surface area contributed by atoms with Crippen LogP contribution in [0.5, 0.6) is 11.5 Å². The summed E-state index contributed by atoms with van der Waals surface area (Å²) in [4.78, 5) is 13.0. The number of carbonyl (C=O) groups is 1. The van der Waals surface area contributed by atoms with E-state index in [1.807, 2.05) is 0 Å². The van der Waals surface area contributed by atoms with Gasteiger partial charge in [0.05, 0.1) is 18.3 Å². The average molecular weight is 408 g/mol. The van der Waals surface area contributed by atoms with Crippen LogP contribution in [0.25, 0.3) is 0 Å². The molecule has 28 heavy (non-hydrogen) atoms. The molecule has 1 heterocycles. The van der Waals surface area contributed by atoms with Gasteiger partial charge >= 0.3 is 10.1 Å². The number of carbonyl (C=O) groups excluding carboxylic acids is 1. The summed E-state index contributed by atoms with van der Waals surface area (Å²) in [5, 5.41) is 0. The van der Waals surface area contributed by atoms with Gasteiger partial charge in [0.2, 0.25) is 17.4 Å². The molecule has 8 nitrogen and oxygen atoms in total. The van der Waals surface area contributed by atoms with E-state index in [4.69, 9.17) is 28.2 Å². The van der Waals surface area contributed by atoms with Crippen molar-refractivity contribution < 1.29 is 35.7 Å². The van der Waals surface area contributed by atoms with Gasteiger partial charge in [-0.2, -0.15) is 8.42 Å². The maximum atomic E-state index is 13.0. The van der Waals surface area contributed by atoms with Gasteiger partial charge in [-0.15, -0.1) is 0 Å². The highest BCUT2D eigenvalue weighted by atomic mass is 32.2. The van der Waals surface area contributed by atoms with Crippen molar-refractivity contribution in [2.24, 2.45) is 5.73 Å². The Morgan fingerprint density at radius 2 is 1.86 bits per heavy atom. The van der Waals surface area contributed by atoms with Gasteiger partial charge in [-0.05, 0) is 11.6 Å². The summed E-state index contributed by atoms with van der Waals surface area (Å²) in [5.41, 5.74) is 2.33. The van der Waals surface area contributed by atoms with Gasteiger partial charge in [0.25, 0.3) is 0 Å². The smallest absolute Gasteiger partial charge is 0.313 e. The Morgan fingerprint density at radius 3 is 2.50 bits per heavy atom. The predicted octanol–water partition coefficient (Wildman–Crippen LogP) is 2.02. The standard InChI is InChI=1S/C19H19NO7S/c1-24-14-10-6-9-13(16(14)25-2)17-15(21)18(19(20)26-17)27-28(22,23)11-12-7-4-3-5-8-12/h3-10,17H,11,20H2,1-2H3/i11D2,17D. The third-order valence-corrected chi connectivity index (χ3v) is 4.58. The highest BCUT2D eigenvalue weighted by molar-refractivity contribution is 7.86. The highest BCUT2D eigenvalue weighted by Crippen LogP contribution is 2.41. The number of benzene rings is 2. The van der Waals surface area contributed by atoms with Gasteiger partial charge in [0.1, 0.15) is 5.70 Å². The van der Waals surface area contributed by atoms with E-state index in [1.165, 1.54) is 56.7 Å². The fraction of sp³-hybridized carbons (Fsp3) is 0.211. The second kappa shape index (κ2) is 7.81. The van der Waals surface area contributed by atoms with Crippen LogP contribution in [0, 0.1) is 0 Å². The first-order valence-electron chi connectivity index (χ1n) is 9.44. The number of Topliss-reactive ketones (excluding diaryl/α,β-unsaturated/α-hetero) is 1. The number of hydrogen-bond acceptors (Lipinski definition) is 8. The van der Waals surface area contributed by atoms with Crippen molar-refractivity contribution in [3.05, 3.63) is 71.3 Å². The van der Waals surface area contributed by atoms with Crippen molar-refractivity contribution in [3.63, 3.8) is 0 Å². The second-order valence-corrected chi connectivity index (χ2v) is 6.78. The summed E-state index contributed by atoms with van der Waals surface area (Å²) in [6, 6.07) is 11.3. The molecule has 0 aromatic heterocycles. The molecule has 0 spiro atoms. The zero-order valence-corrected chi connectivity index (χ0v) is 15.8. The van der Waals surface area contributed by atoms with Crippen LogP contribution in [0.3, 0.4) is 0 Å². The molecule has 0 fully saturated rings. The highest BCUT2D eigenvalue weighted by Gasteiger charge is 2.41. The normalized spacial score (nSPS) is 21.4. The molecule has 9 heteroatoms. The van der Waals surface area contributed by atoms with E-state index in [1.54, 1.807) is 6.07 Å². The van der Waals surface area contributed by atoms with Gasteiger partial charge in [0, 0.05) is 5.56 Å². The lowest BCUT2D eigenvalue weighted by molar-refractivity contribution is -0.123. The van der Waals surface area contributed by atoms with Crippen LogP contribution in [0.2, 0.25) is 0 Å². The van der Waals surface area contributed by atoms with Crippen LogP contribution in [-0.2, 0) is 29.5 Å². The number of ether oxygens (including phenoxy) is 3. The molecule has 1 unspecified atom stereocenters. The molecule has 0 amide bonds. The number of ketones is 1. The maximum Gasteiger partial charge on any atom is 0.313 e. The molecule has 1 atom stereocenters. The number of hydrogen-bond donors (Lipinski definition) is 1. The van der Waals surface area contributed by atoms with E-state index in [0.717, 1.165) is 0 Å². The van der Waals surface area contributed by atoms with Crippen LogP contribution >= 0.6 is 0 Å². The van der Waals surface area contributed by atoms with Gasteiger partial charge < -0.3 is 24.1 Å². The molecule has 1 aliphatic heterocycles. The first kappa shape index (κ1) is 15.8. The third-order valence-electron chi connectivity index (χ3n) is 3.71. The van der Waals surface area contributed by atoms with E-state index >= 15 is 0 Å². The SMILES string of the molecule is [2H]C1(c2cccc(OC)c2OC)OC(N)=C(OS(=O)(=O)C([2H])([2H])c2ccccc2)C1=O. The lowest BCUT2D eigenvalue weighted by atomic mass is 10.0. The number of nitrogens with two attached hydrogens (primary N) is 1. The molecule has 0 saturated carbocycles. The quantitative estimate of drug-likeness (QED) is 0.692. The topological polar surface area (TPSA) is 114 Å². The third kappa shape index (κ3) is 3.89. The molecule has 1 aliphatic rings. The fourth-order valence-corrected chi connectivity index (χ4v) is 3.36. The Bertz CT molecular complexity index is 1150. The van der Waals surface area contributed by atoms with Crippen molar-refractivity contribution in [1.29, 1.82) is 0 Å². The van der Waals surface area contributed by atoms with Gasteiger partial charge in [0.15, 0.2) is 17.6 Å². The lowest BCUT2D eigenvalue weighted by Gasteiger charge is -2.16. The zero-order valence-electron chi connectivity index (χ0n) is 18.0. The van der Waals surface area contributed by atoms with Crippen molar-refractivity contribution >= 4 is 15.9 Å². The van der Waals surface area contributed by atoms with Crippen molar-refractivity contribution in [2.75, 3.05) is 14.2 Å². The Balaban J connectivity index is 1.99. The first-order chi connectivity index (χ1) is 14.5. The molecule has 2 aromatic carbocycles. The number of methoxy groups -OCH3 is 2. The summed E-state index contributed by atoms with van der Waals surface area (Å²) < 4.78 is 70.2. The lowest BCUT2D eigenvalue weighted by Crippen LogP contribution is -2.16. The van der Waals surface area contributed by atoms with E-state index < -0.39 is 39.3 Å². The molecule has 0 aliphatic carbocycles. The second-order valence-electron chi connectivity index (χ2n) is 5.50. The van der Waals surface area contributed by atoms with Crippen LogP contribution in [0.15, 0.2) is 60.2 Å². The summed E-state index contributed by atoms with van der Waals surface area (Å²) in [7, 11) is -2.42. The summed E-state index contributed by atoms with van der Waals surface area (Å²) >= 11 is 0. The monoisotopic (exact) mass is 408 g/mol. The Morgan fingerprint density at radius 1 is 1.14 bits per heavy atom. The first-order valence-corrected chi connectivity index (χ1v) is 9.35. The van der Waals surface area contributed by atoms with Gasteiger partial charge in [-0.25, -0.2) is 0 Å². The predicted molar refractivity (Wildman–Crippen MR) is 99.7 cm³/mol. The van der Waals surface area contributed by atoms with Crippen LogP contribution in [0.4, 0.5) is 0 Å². The molecule has 3 rings (SSSR count). The van der Waals surface area contributed by atoms with E-state index in [2.05, 4.69) is 0 Å². The minimum atomic E-state index is -5.07. The Kier molecular flexibility index (Phi) is 4.41. The largest absolute Gasteiger partial charge is 0.493 e. The molecule has 148 valence electrons. The minimum Gasteiger partial charge on any atom is -0.493 e. The summed E-state index contributed by atoms with van der Waals surface area (Å²) in [6.45, 7) is 0. The average Bonchev–Trinajstić information content (AvgIpc) is 2.97. The Labute approximate surface area is 166 Å². The van der Waals surface area contributed by atoms with Crippen LogP contribution in [-0.4, -0.2) is 28.4 Å².